The molecule has 0 bridgehead atoms. The van der Waals surface area contributed by atoms with E-state index in [2.05, 4.69) is 139 Å². The molecule has 245 valence electrons. The van der Waals surface area contributed by atoms with Gasteiger partial charge in [-0.05, 0) is 47.7 Å². The fourth-order valence-corrected chi connectivity index (χ4v) is 9.96. The maximum absolute atomic E-state index is 6.38. The summed E-state index contributed by atoms with van der Waals surface area (Å²) in [6.45, 7) is 6.68. The summed E-state index contributed by atoms with van der Waals surface area (Å²) in [5.41, 5.74) is 10.7. The number of rotatable bonds is 7. The van der Waals surface area contributed by atoms with Crippen LogP contribution in [-0.2, 0) is 20.1 Å². The largest absolute Gasteiger partial charge is 0 e. The van der Waals surface area contributed by atoms with Crippen LogP contribution in [0.1, 0.15) is 43.7 Å². The van der Waals surface area contributed by atoms with Gasteiger partial charge in [-0.2, -0.15) is 0 Å². The van der Waals surface area contributed by atoms with Gasteiger partial charge in [-0.25, -0.2) is 0 Å². The normalized spacial score (nSPS) is 11.3. The van der Waals surface area contributed by atoms with E-state index >= 15 is 0 Å². The molecule has 0 fully saturated rings. The van der Waals surface area contributed by atoms with Crippen molar-refractivity contribution in [3.05, 3.63) is 139 Å². The van der Waals surface area contributed by atoms with Crippen molar-refractivity contribution >= 4 is 39.6 Å². The standard InChI is InChI=1S/C28H24NO.C15H18GeN.Ir/c1-3-19(4-2)22-15-16-29-26(17-22)25-12-8-11-24-23-14-13-21(18-27(23)30-28(24)25)20-9-6-5-7-10-20;1-12-10-15(13-8-6-5-7-9-13)17-11-14(12)16(2,3)4;/h5-11,13-19H,3-4H2,1-2H3;5-8,10-11H,1-4H3;/q2*-1;. The van der Waals surface area contributed by atoms with Gasteiger partial charge in [-0.15, -0.1) is 18.2 Å². The number of pyridine rings is 2. The molecular weight excluding hydrogens is 825 g/mol. The van der Waals surface area contributed by atoms with E-state index in [0.29, 0.717) is 5.92 Å². The third-order valence-corrected chi connectivity index (χ3v) is 13.4. The van der Waals surface area contributed by atoms with Crippen LogP contribution in [0.2, 0.25) is 17.3 Å². The summed E-state index contributed by atoms with van der Waals surface area (Å²) in [5, 5.41) is 2.23. The van der Waals surface area contributed by atoms with Crippen LogP contribution in [0.5, 0.6) is 0 Å². The van der Waals surface area contributed by atoms with Crippen LogP contribution >= 0.6 is 0 Å². The molecule has 0 aliphatic heterocycles. The van der Waals surface area contributed by atoms with E-state index < -0.39 is 13.3 Å². The molecule has 48 heavy (non-hydrogen) atoms. The maximum Gasteiger partial charge on any atom is 0 e. The van der Waals surface area contributed by atoms with Crippen molar-refractivity contribution in [2.45, 2.75) is 56.8 Å². The van der Waals surface area contributed by atoms with E-state index in [-0.39, 0.29) is 20.1 Å². The summed E-state index contributed by atoms with van der Waals surface area (Å²) in [6, 6.07) is 42.0. The summed E-state index contributed by atoms with van der Waals surface area (Å²) in [6.07, 6.45) is 6.23. The van der Waals surface area contributed by atoms with E-state index in [0.717, 1.165) is 62.9 Å². The van der Waals surface area contributed by atoms with Crippen molar-refractivity contribution in [1.82, 2.24) is 9.97 Å². The summed E-state index contributed by atoms with van der Waals surface area (Å²) in [4.78, 5) is 9.25. The minimum atomic E-state index is -1.77. The Balaban J connectivity index is 0.000000214. The first-order valence-electron chi connectivity index (χ1n) is 16.6. The quantitative estimate of drug-likeness (QED) is 0.118. The Kier molecular flexibility index (Phi) is 11.5. The zero-order chi connectivity index (χ0) is 33.0. The van der Waals surface area contributed by atoms with Crippen LogP contribution in [0.25, 0.3) is 55.6 Å². The van der Waals surface area contributed by atoms with Crippen LogP contribution in [-0.4, -0.2) is 23.2 Å². The van der Waals surface area contributed by atoms with Gasteiger partial charge in [0.1, 0.15) is 5.58 Å². The van der Waals surface area contributed by atoms with Crippen molar-refractivity contribution in [3.63, 3.8) is 0 Å². The number of furan rings is 1. The minimum Gasteiger partial charge on any atom is 0 e. The molecule has 0 spiro atoms. The Morgan fingerprint density at radius 1 is 0.729 bits per heavy atom. The Morgan fingerprint density at radius 2 is 1.50 bits per heavy atom. The molecule has 0 saturated carbocycles. The third kappa shape index (κ3) is 7.73. The molecule has 7 rings (SSSR count). The van der Waals surface area contributed by atoms with Gasteiger partial charge < -0.3 is 9.40 Å². The molecule has 0 amide bonds. The molecular formula is C43H42GeIrN2O-2. The topological polar surface area (TPSA) is 38.9 Å². The molecule has 4 aromatic carbocycles. The summed E-state index contributed by atoms with van der Waals surface area (Å²) in [5.74, 6) is 7.75. The van der Waals surface area contributed by atoms with Gasteiger partial charge in [0.25, 0.3) is 0 Å². The molecule has 0 atom stereocenters. The smallest absolute Gasteiger partial charge is 0 e. The number of fused-ring (bicyclic) bond motifs is 3. The van der Waals surface area contributed by atoms with Gasteiger partial charge in [-0.1, -0.05) is 78.9 Å². The van der Waals surface area contributed by atoms with Crippen molar-refractivity contribution < 1.29 is 24.5 Å². The molecule has 3 nitrogen and oxygen atoms in total. The molecule has 0 unspecified atom stereocenters. The van der Waals surface area contributed by atoms with Crippen LogP contribution in [0.15, 0.2) is 120 Å². The monoisotopic (exact) mass is 869 g/mol. The molecule has 0 N–H and O–H groups in total. The van der Waals surface area contributed by atoms with Crippen molar-refractivity contribution in [3.8, 4) is 33.6 Å². The third-order valence-electron chi connectivity index (χ3n) is 8.94. The van der Waals surface area contributed by atoms with E-state index in [1.54, 1.807) is 0 Å². The second-order valence-corrected chi connectivity index (χ2v) is 23.7. The molecule has 3 heterocycles. The van der Waals surface area contributed by atoms with Crippen molar-refractivity contribution in [2.75, 3.05) is 0 Å². The number of benzene rings is 4. The molecule has 1 radical (unpaired) electrons. The fourth-order valence-electron chi connectivity index (χ4n) is 6.38. The predicted octanol–water partition coefficient (Wildman–Crippen LogP) is 11.4. The molecule has 7 aromatic rings. The van der Waals surface area contributed by atoms with Crippen molar-refractivity contribution in [1.29, 1.82) is 0 Å². The average molecular weight is 868 g/mol. The summed E-state index contributed by atoms with van der Waals surface area (Å²) >= 11 is -1.77. The van der Waals surface area contributed by atoms with E-state index in [1.807, 2.05) is 36.5 Å². The van der Waals surface area contributed by atoms with E-state index in [4.69, 9.17) is 4.42 Å². The number of hydrogen-bond acceptors (Lipinski definition) is 3. The number of aromatic nitrogens is 2. The Hall–Kier alpha value is -3.83. The second kappa shape index (κ2) is 15.6. The van der Waals surface area contributed by atoms with Crippen LogP contribution in [0.4, 0.5) is 0 Å². The van der Waals surface area contributed by atoms with Gasteiger partial charge in [0, 0.05) is 31.7 Å². The maximum atomic E-state index is 6.38. The first-order valence-corrected chi connectivity index (χ1v) is 23.9. The van der Waals surface area contributed by atoms with Crippen molar-refractivity contribution in [2.24, 2.45) is 0 Å². The zero-order valence-electron chi connectivity index (χ0n) is 28.6. The number of aryl methyl sites for hydroxylation is 1. The Bertz CT molecular complexity index is 2110. The average Bonchev–Trinajstić information content (AvgIpc) is 3.48. The van der Waals surface area contributed by atoms with Gasteiger partial charge in [0.15, 0.2) is 0 Å². The predicted molar refractivity (Wildman–Crippen MR) is 201 cm³/mol. The zero-order valence-corrected chi connectivity index (χ0v) is 33.1. The number of hydrogen-bond donors (Lipinski definition) is 0. The van der Waals surface area contributed by atoms with E-state index in [1.165, 1.54) is 21.1 Å². The first-order chi connectivity index (χ1) is 22.8. The fraction of sp³-hybridized carbons (Fsp3) is 0.209. The molecule has 5 heteroatoms. The Morgan fingerprint density at radius 3 is 2.19 bits per heavy atom. The molecule has 0 aliphatic rings. The SMILES string of the molecule is CCC(CC)c1ccnc(-c2[c-]ccc3c2oc2cc(-c4ccccc4)ccc23)c1.Cc1cc(-c2[c-]cccc2)nc[c]1[Ge]([CH3])([CH3])[CH3].[Ir]. The molecule has 0 aliphatic carbocycles. The minimum absolute atomic E-state index is 0. The molecule has 3 aromatic heterocycles. The van der Waals surface area contributed by atoms with Gasteiger partial charge >= 0.3 is 106 Å². The van der Waals surface area contributed by atoms with Gasteiger partial charge in [0.05, 0.1) is 5.58 Å². The number of nitrogens with zero attached hydrogens (tertiary/aromatic N) is 2. The Labute approximate surface area is 301 Å². The van der Waals surface area contributed by atoms with Crippen LogP contribution in [0.3, 0.4) is 0 Å². The molecule has 0 saturated heterocycles. The van der Waals surface area contributed by atoms with Crippen LogP contribution in [0, 0.1) is 19.1 Å². The first kappa shape index (κ1) is 35.5. The summed E-state index contributed by atoms with van der Waals surface area (Å²) in [7, 11) is 0. The van der Waals surface area contributed by atoms with E-state index in [9.17, 15) is 0 Å². The van der Waals surface area contributed by atoms with Gasteiger partial charge in [-0.3, -0.25) is 0 Å². The second-order valence-electron chi connectivity index (χ2n) is 13.2. The van der Waals surface area contributed by atoms with Crippen LogP contribution < -0.4 is 4.40 Å². The van der Waals surface area contributed by atoms with Gasteiger partial charge in [0.2, 0.25) is 0 Å². The summed E-state index contributed by atoms with van der Waals surface area (Å²) < 4.78 is 7.87.